The van der Waals surface area contributed by atoms with Gasteiger partial charge in [0, 0.05) is 5.92 Å². The molecular weight excluding hydrogens is 370 g/mol. The highest BCUT2D eigenvalue weighted by Gasteiger charge is 2.30. The van der Waals surface area contributed by atoms with Gasteiger partial charge in [-0.2, -0.15) is 4.98 Å². The molecule has 0 spiro atoms. The molecule has 4 heterocycles. The summed E-state index contributed by atoms with van der Waals surface area (Å²) in [6.45, 7) is 0.640. The number of furan rings is 1. The van der Waals surface area contributed by atoms with E-state index in [0.717, 1.165) is 21.6 Å². The Bertz CT molecular complexity index is 987. The summed E-state index contributed by atoms with van der Waals surface area (Å²) in [6.07, 6.45) is 4.04. The number of nitrogens with zero attached hydrogens (tertiary/aromatic N) is 5. The van der Waals surface area contributed by atoms with E-state index >= 15 is 0 Å². The van der Waals surface area contributed by atoms with E-state index in [9.17, 15) is 0 Å². The molecule has 0 atom stereocenters. The lowest BCUT2D eigenvalue weighted by Gasteiger charge is -2.07. The molecule has 1 fully saturated rings. The summed E-state index contributed by atoms with van der Waals surface area (Å²) >= 11 is 3.15. The zero-order valence-electron chi connectivity index (χ0n) is 13.7. The second-order valence-corrected chi connectivity index (χ2v) is 7.95. The fraction of sp³-hybridized carbons (Fsp3) is 0.294. The third kappa shape index (κ3) is 3.19. The van der Waals surface area contributed by atoms with Crippen molar-refractivity contribution in [1.29, 1.82) is 0 Å². The average molecular weight is 385 g/mol. The number of aromatic nitrogens is 5. The van der Waals surface area contributed by atoms with E-state index in [4.69, 9.17) is 8.94 Å². The normalized spacial score (nSPS) is 14.2. The minimum atomic E-state index is 0.516. The first kappa shape index (κ1) is 15.8. The number of thiophene rings is 1. The lowest BCUT2D eigenvalue weighted by atomic mass is 10.3. The third-order valence-electron chi connectivity index (χ3n) is 4.11. The van der Waals surface area contributed by atoms with Gasteiger partial charge in [0.15, 0.2) is 11.0 Å². The Morgan fingerprint density at radius 3 is 2.96 bits per heavy atom. The van der Waals surface area contributed by atoms with Crippen molar-refractivity contribution in [1.82, 2.24) is 24.9 Å². The van der Waals surface area contributed by atoms with Crippen molar-refractivity contribution in [3.8, 4) is 10.8 Å². The molecule has 26 heavy (non-hydrogen) atoms. The van der Waals surface area contributed by atoms with Crippen LogP contribution in [0.4, 0.5) is 0 Å². The Balaban J connectivity index is 1.34. The van der Waals surface area contributed by atoms with Gasteiger partial charge in [0.1, 0.15) is 11.6 Å². The summed E-state index contributed by atoms with van der Waals surface area (Å²) in [7, 11) is 0. The largest absolute Gasteiger partial charge is 0.467 e. The SMILES string of the molecule is c1coc(Cn2c(SCc3noc(-c4cccs4)n3)nnc2C2CC2)c1. The third-order valence-corrected chi connectivity index (χ3v) is 5.93. The Morgan fingerprint density at radius 2 is 2.19 bits per heavy atom. The van der Waals surface area contributed by atoms with Crippen LogP contribution in [0.3, 0.4) is 0 Å². The van der Waals surface area contributed by atoms with Gasteiger partial charge >= 0.3 is 0 Å². The molecule has 0 bridgehead atoms. The molecule has 4 aromatic rings. The van der Waals surface area contributed by atoms with Crippen molar-refractivity contribution in [2.75, 3.05) is 0 Å². The number of hydrogen-bond acceptors (Lipinski definition) is 8. The fourth-order valence-corrected chi connectivity index (χ4v) is 4.13. The lowest BCUT2D eigenvalue weighted by molar-refractivity contribution is 0.426. The molecule has 5 rings (SSSR count). The van der Waals surface area contributed by atoms with E-state index < -0.39 is 0 Å². The standard InChI is InChI=1S/C17H15N5O2S2/c1-3-12(23-7-1)9-22-15(11-5-6-11)19-20-17(22)26-10-14-18-16(24-21-14)13-4-2-8-25-13/h1-4,7-8,11H,5-6,9-10H2. The van der Waals surface area contributed by atoms with Crippen LogP contribution in [-0.2, 0) is 12.3 Å². The smallest absolute Gasteiger partial charge is 0.268 e. The molecule has 0 radical (unpaired) electrons. The van der Waals surface area contributed by atoms with E-state index in [0.29, 0.717) is 29.9 Å². The zero-order chi connectivity index (χ0) is 17.3. The van der Waals surface area contributed by atoms with E-state index in [1.165, 1.54) is 12.8 Å². The summed E-state index contributed by atoms with van der Waals surface area (Å²) in [5, 5.41) is 15.7. The summed E-state index contributed by atoms with van der Waals surface area (Å²) in [5.74, 6) is 4.24. The molecule has 1 saturated carbocycles. The van der Waals surface area contributed by atoms with Crippen LogP contribution in [0.2, 0.25) is 0 Å². The summed E-state index contributed by atoms with van der Waals surface area (Å²) in [6, 6.07) is 7.80. The minimum absolute atomic E-state index is 0.516. The highest BCUT2D eigenvalue weighted by Crippen LogP contribution is 2.40. The predicted octanol–water partition coefficient (Wildman–Crippen LogP) is 4.20. The average Bonchev–Trinajstić information content (AvgIpc) is 3.17. The van der Waals surface area contributed by atoms with Crippen molar-refractivity contribution in [3.05, 3.63) is 53.3 Å². The van der Waals surface area contributed by atoms with E-state index in [-0.39, 0.29) is 0 Å². The van der Waals surface area contributed by atoms with Crippen LogP contribution in [0.5, 0.6) is 0 Å². The summed E-state index contributed by atoms with van der Waals surface area (Å²) in [4.78, 5) is 5.44. The van der Waals surface area contributed by atoms with Gasteiger partial charge in [-0.1, -0.05) is 23.0 Å². The van der Waals surface area contributed by atoms with Crippen molar-refractivity contribution in [2.45, 2.75) is 36.2 Å². The molecule has 4 aromatic heterocycles. The first-order valence-corrected chi connectivity index (χ1v) is 10.2. The van der Waals surface area contributed by atoms with Gasteiger partial charge in [-0.3, -0.25) is 4.57 Å². The quantitative estimate of drug-likeness (QED) is 0.441. The van der Waals surface area contributed by atoms with Crippen molar-refractivity contribution < 1.29 is 8.94 Å². The van der Waals surface area contributed by atoms with Gasteiger partial charge in [0.25, 0.3) is 5.89 Å². The van der Waals surface area contributed by atoms with Gasteiger partial charge in [0.2, 0.25) is 0 Å². The maximum atomic E-state index is 5.50. The molecule has 132 valence electrons. The molecule has 9 heteroatoms. The summed E-state index contributed by atoms with van der Waals surface area (Å²) in [5.41, 5.74) is 0. The number of thioether (sulfide) groups is 1. The van der Waals surface area contributed by atoms with Crippen LogP contribution in [0.25, 0.3) is 10.8 Å². The lowest BCUT2D eigenvalue weighted by Crippen LogP contribution is -2.05. The van der Waals surface area contributed by atoms with E-state index in [1.807, 2.05) is 29.6 Å². The zero-order valence-corrected chi connectivity index (χ0v) is 15.4. The van der Waals surface area contributed by atoms with Gasteiger partial charge in [-0.05, 0) is 36.4 Å². The Hall–Kier alpha value is -2.39. The highest BCUT2D eigenvalue weighted by molar-refractivity contribution is 7.98. The van der Waals surface area contributed by atoms with Crippen LogP contribution in [0, 0.1) is 0 Å². The first-order chi connectivity index (χ1) is 12.9. The predicted molar refractivity (Wildman–Crippen MR) is 97.0 cm³/mol. The molecule has 0 N–H and O–H groups in total. The molecule has 1 aliphatic carbocycles. The van der Waals surface area contributed by atoms with Gasteiger partial charge in [0.05, 0.1) is 23.4 Å². The Morgan fingerprint density at radius 1 is 1.23 bits per heavy atom. The second-order valence-electron chi connectivity index (χ2n) is 6.06. The van der Waals surface area contributed by atoms with E-state index in [1.54, 1.807) is 29.4 Å². The number of hydrogen-bond donors (Lipinski definition) is 0. The van der Waals surface area contributed by atoms with Crippen molar-refractivity contribution >= 4 is 23.1 Å². The molecule has 7 nitrogen and oxygen atoms in total. The maximum Gasteiger partial charge on any atom is 0.268 e. The fourth-order valence-electron chi connectivity index (χ4n) is 2.70. The monoisotopic (exact) mass is 385 g/mol. The molecule has 0 unspecified atom stereocenters. The number of rotatable bonds is 7. The van der Waals surface area contributed by atoms with Crippen molar-refractivity contribution in [2.24, 2.45) is 0 Å². The molecule has 0 amide bonds. The van der Waals surface area contributed by atoms with Crippen LogP contribution < -0.4 is 0 Å². The Labute approximate surface area is 157 Å². The van der Waals surface area contributed by atoms with Gasteiger partial charge in [-0.25, -0.2) is 0 Å². The van der Waals surface area contributed by atoms with Gasteiger partial charge in [-0.15, -0.1) is 21.5 Å². The Kier molecular flexibility index (Phi) is 4.10. The highest BCUT2D eigenvalue weighted by atomic mass is 32.2. The molecular formula is C17H15N5O2S2. The molecule has 1 aliphatic rings. The van der Waals surface area contributed by atoms with Crippen LogP contribution in [0.1, 0.15) is 36.2 Å². The van der Waals surface area contributed by atoms with Crippen LogP contribution in [-0.4, -0.2) is 24.9 Å². The topological polar surface area (TPSA) is 82.8 Å². The molecule has 0 aromatic carbocycles. The van der Waals surface area contributed by atoms with Gasteiger partial charge < -0.3 is 8.94 Å². The molecule has 0 saturated heterocycles. The van der Waals surface area contributed by atoms with Crippen molar-refractivity contribution in [3.63, 3.8) is 0 Å². The summed E-state index contributed by atoms with van der Waals surface area (Å²) < 4.78 is 13.0. The van der Waals surface area contributed by atoms with E-state index in [2.05, 4.69) is 24.9 Å². The molecule has 0 aliphatic heterocycles. The second kappa shape index (κ2) is 6.73. The minimum Gasteiger partial charge on any atom is -0.467 e. The van der Waals surface area contributed by atoms with Crippen LogP contribution >= 0.6 is 23.1 Å². The first-order valence-electron chi connectivity index (χ1n) is 8.31. The maximum absolute atomic E-state index is 5.50. The van der Waals surface area contributed by atoms with Crippen LogP contribution in [0.15, 0.2) is 50.0 Å².